The Morgan fingerprint density at radius 1 is 0.930 bits per heavy atom. The number of halogens is 3. The maximum Gasteiger partial charge on any atom is 0.586 e. The van der Waals surface area contributed by atoms with Crippen molar-refractivity contribution in [3.8, 4) is 50.9 Å². The van der Waals surface area contributed by atoms with Crippen molar-refractivity contribution in [3.63, 3.8) is 0 Å². The van der Waals surface area contributed by atoms with Crippen LogP contribution >= 0.6 is 0 Å². The number of fused-ring (bicyclic) bond motifs is 1. The van der Waals surface area contributed by atoms with E-state index >= 15 is 4.39 Å². The Hall–Kier alpha value is -4.62. The van der Waals surface area contributed by atoms with E-state index in [0.717, 1.165) is 18.0 Å². The average molecular weight is 612 g/mol. The molecule has 0 unspecified atom stereocenters. The highest BCUT2D eigenvalue weighted by molar-refractivity contribution is 7.90. The van der Waals surface area contributed by atoms with E-state index in [0.29, 0.717) is 33.9 Å². The fourth-order valence-corrected chi connectivity index (χ4v) is 6.09. The highest BCUT2D eigenvalue weighted by atomic mass is 32.2. The third-order valence-electron chi connectivity index (χ3n) is 6.96. The van der Waals surface area contributed by atoms with Crippen LogP contribution in [0.15, 0.2) is 64.0 Å². The molecule has 9 nitrogen and oxygen atoms in total. The van der Waals surface area contributed by atoms with Crippen molar-refractivity contribution < 1.29 is 40.6 Å². The number of oxazole rings is 1. The Morgan fingerprint density at radius 3 is 2.33 bits per heavy atom. The first kappa shape index (κ1) is 28.5. The van der Waals surface area contributed by atoms with Crippen LogP contribution in [0.5, 0.6) is 11.5 Å². The zero-order valence-corrected chi connectivity index (χ0v) is 24.1. The van der Waals surface area contributed by atoms with E-state index in [1.165, 1.54) is 24.3 Å². The summed E-state index contributed by atoms with van der Waals surface area (Å²) in [6.07, 6.45) is -1.04. The zero-order chi connectivity index (χ0) is 30.8. The van der Waals surface area contributed by atoms with Crippen LogP contribution in [-0.4, -0.2) is 40.6 Å². The number of aromatic nitrogens is 3. The number of hydrogen-bond acceptors (Lipinski definition) is 8. The molecule has 6 rings (SSSR count). The monoisotopic (exact) mass is 611 g/mol. The summed E-state index contributed by atoms with van der Waals surface area (Å²) in [6.45, 7) is 4.50. The van der Waals surface area contributed by atoms with Crippen molar-refractivity contribution in [1.29, 1.82) is 0 Å². The van der Waals surface area contributed by atoms with E-state index in [-0.39, 0.29) is 39.2 Å². The molecule has 0 saturated carbocycles. The Bertz CT molecular complexity index is 2030. The zero-order valence-electron chi connectivity index (χ0n) is 23.3. The summed E-state index contributed by atoms with van der Waals surface area (Å²) in [6, 6.07) is 11.8. The molecule has 3 heterocycles. The van der Waals surface area contributed by atoms with Crippen LogP contribution in [-0.2, 0) is 16.4 Å². The topological polar surface area (TPSA) is 117 Å². The van der Waals surface area contributed by atoms with Gasteiger partial charge in [0.2, 0.25) is 0 Å². The number of ether oxygens (including phenoxy) is 2. The molecule has 2 aromatic heterocycles. The molecule has 13 heteroatoms. The Kier molecular flexibility index (Phi) is 6.62. The van der Waals surface area contributed by atoms with E-state index in [1.807, 2.05) is 24.6 Å². The molecule has 0 amide bonds. The first-order valence-corrected chi connectivity index (χ1v) is 14.8. The number of alkyl halides is 2. The molecule has 0 saturated heterocycles. The largest absolute Gasteiger partial charge is 0.586 e. The van der Waals surface area contributed by atoms with E-state index < -0.39 is 28.6 Å². The molecule has 5 aromatic rings. The Balaban J connectivity index is 1.58. The molecule has 1 aliphatic rings. The van der Waals surface area contributed by atoms with Crippen LogP contribution in [0.4, 0.5) is 13.2 Å². The van der Waals surface area contributed by atoms with Gasteiger partial charge >= 0.3 is 6.29 Å². The average Bonchev–Trinajstić information content (AvgIpc) is 3.58. The van der Waals surface area contributed by atoms with Gasteiger partial charge in [-0.15, -0.1) is 8.78 Å². The van der Waals surface area contributed by atoms with Crippen LogP contribution in [0, 0.1) is 26.6 Å². The lowest BCUT2D eigenvalue weighted by molar-refractivity contribution is -0.286. The van der Waals surface area contributed by atoms with Gasteiger partial charge in [-0.3, -0.25) is 0 Å². The number of benzene rings is 3. The van der Waals surface area contributed by atoms with Crippen molar-refractivity contribution >= 4 is 9.84 Å². The fourth-order valence-electron chi connectivity index (χ4n) is 5.14. The SMILES string of the molecule is Cc1cn(-c2ccc(-c3cc(F)c(CO)c(S(C)(=O)=O)c3)cc2-c2nc(C)oc2-c2ccc3c(c2)OC(F)(F)O3)c(C)n1. The van der Waals surface area contributed by atoms with Gasteiger partial charge in [-0.1, -0.05) is 6.07 Å². The summed E-state index contributed by atoms with van der Waals surface area (Å²) in [5.74, 6) is 0.00357. The molecular weight excluding hydrogens is 587 g/mol. The maximum absolute atomic E-state index is 15.1. The lowest BCUT2D eigenvalue weighted by Gasteiger charge is -2.15. The summed E-state index contributed by atoms with van der Waals surface area (Å²) >= 11 is 0. The second-order valence-electron chi connectivity index (χ2n) is 10.1. The molecule has 0 bridgehead atoms. The van der Waals surface area contributed by atoms with Crippen LogP contribution in [0.2, 0.25) is 0 Å². The number of imidazole rings is 1. The third kappa shape index (κ3) is 5.14. The number of aliphatic hydroxyl groups is 1. The molecule has 1 aliphatic heterocycles. The highest BCUT2D eigenvalue weighted by Gasteiger charge is 2.43. The van der Waals surface area contributed by atoms with Gasteiger partial charge in [0, 0.05) is 36.1 Å². The second kappa shape index (κ2) is 9.99. The fraction of sp³-hybridized carbons (Fsp3) is 0.200. The minimum Gasteiger partial charge on any atom is -0.440 e. The van der Waals surface area contributed by atoms with Gasteiger partial charge in [0.25, 0.3) is 0 Å². The molecule has 0 aliphatic carbocycles. The first-order valence-electron chi connectivity index (χ1n) is 12.9. The van der Waals surface area contributed by atoms with E-state index in [1.54, 1.807) is 25.1 Å². The molecule has 43 heavy (non-hydrogen) atoms. The van der Waals surface area contributed by atoms with Crippen molar-refractivity contribution in [1.82, 2.24) is 14.5 Å². The minimum atomic E-state index is -3.88. The summed E-state index contributed by atoms with van der Waals surface area (Å²) in [4.78, 5) is 8.78. The molecule has 0 fully saturated rings. The summed E-state index contributed by atoms with van der Waals surface area (Å²) in [5.41, 5.74) is 2.95. The lowest BCUT2D eigenvalue weighted by atomic mass is 9.97. The van der Waals surface area contributed by atoms with Crippen molar-refractivity contribution in [3.05, 3.63) is 83.5 Å². The Labute approximate surface area is 244 Å². The summed E-state index contributed by atoms with van der Waals surface area (Å²) in [5, 5.41) is 9.65. The van der Waals surface area contributed by atoms with Crippen LogP contribution in [0.1, 0.15) is 23.0 Å². The highest BCUT2D eigenvalue weighted by Crippen LogP contribution is 2.45. The van der Waals surface area contributed by atoms with Gasteiger partial charge in [0.1, 0.15) is 17.3 Å². The summed E-state index contributed by atoms with van der Waals surface area (Å²) < 4.78 is 84.4. The second-order valence-corrected chi connectivity index (χ2v) is 12.1. The molecule has 222 valence electrons. The van der Waals surface area contributed by atoms with Gasteiger partial charge in [-0.2, -0.15) is 0 Å². The summed E-state index contributed by atoms with van der Waals surface area (Å²) in [7, 11) is -3.88. The van der Waals surface area contributed by atoms with E-state index in [4.69, 9.17) is 4.42 Å². The number of aryl methyl sites for hydroxylation is 3. The molecule has 1 N–H and O–H groups in total. The van der Waals surface area contributed by atoms with Crippen LogP contribution < -0.4 is 9.47 Å². The quantitative estimate of drug-likeness (QED) is 0.243. The van der Waals surface area contributed by atoms with Crippen molar-refractivity contribution in [2.24, 2.45) is 0 Å². The van der Waals surface area contributed by atoms with E-state index in [9.17, 15) is 22.3 Å². The van der Waals surface area contributed by atoms with Gasteiger partial charge in [0.05, 0.1) is 22.9 Å². The number of rotatable bonds is 6. The third-order valence-corrected chi connectivity index (χ3v) is 8.12. The van der Waals surface area contributed by atoms with Crippen molar-refractivity contribution in [2.45, 2.75) is 38.6 Å². The van der Waals surface area contributed by atoms with Crippen LogP contribution in [0.25, 0.3) is 39.4 Å². The predicted molar refractivity (Wildman–Crippen MR) is 149 cm³/mol. The Morgan fingerprint density at radius 2 is 1.65 bits per heavy atom. The number of hydrogen-bond donors (Lipinski definition) is 1. The van der Waals surface area contributed by atoms with Gasteiger partial charge in [0.15, 0.2) is 33.0 Å². The normalized spacial score (nSPS) is 14.0. The molecular formula is C30H24F3N3O6S. The number of sulfone groups is 1. The van der Waals surface area contributed by atoms with Gasteiger partial charge in [-0.25, -0.2) is 22.8 Å². The molecule has 0 spiro atoms. The number of nitrogens with zero attached hydrogens (tertiary/aromatic N) is 3. The van der Waals surface area contributed by atoms with E-state index in [2.05, 4.69) is 19.4 Å². The maximum atomic E-state index is 15.1. The lowest BCUT2D eigenvalue weighted by Crippen LogP contribution is -2.25. The number of aliphatic hydroxyl groups excluding tert-OH is 1. The minimum absolute atomic E-state index is 0.131. The van der Waals surface area contributed by atoms with Crippen molar-refractivity contribution in [2.75, 3.05) is 6.26 Å². The standard InChI is InChI=1S/C30H24F3N3O6S/c1-15-13-36(16(2)34-15)24-7-5-18(20-10-23(31)22(14-37)27(12-20)43(4,38)39)9-21(24)28-29(40-17(3)35-28)19-6-8-25-26(11-19)42-30(32,33)41-25/h5-13,37H,14H2,1-4H3. The smallest absolute Gasteiger partial charge is 0.440 e. The molecule has 3 aromatic carbocycles. The predicted octanol–water partition coefficient (Wildman–Crippen LogP) is 6.14. The van der Waals surface area contributed by atoms with Crippen LogP contribution in [0.3, 0.4) is 0 Å². The molecule has 0 radical (unpaired) electrons. The van der Waals surface area contributed by atoms with Gasteiger partial charge in [-0.05, 0) is 67.4 Å². The first-order chi connectivity index (χ1) is 20.2. The molecule has 0 atom stereocenters. The van der Waals surface area contributed by atoms with Gasteiger partial charge < -0.3 is 23.6 Å².